The van der Waals surface area contributed by atoms with E-state index >= 15 is 0 Å². The van der Waals surface area contributed by atoms with Gasteiger partial charge in [-0.15, -0.1) is 0 Å². The highest BCUT2D eigenvalue weighted by atomic mass is 19.1. The van der Waals surface area contributed by atoms with E-state index in [9.17, 15) is 14.0 Å². The van der Waals surface area contributed by atoms with Crippen LogP contribution in [0.2, 0.25) is 0 Å². The fourth-order valence-electron chi connectivity index (χ4n) is 2.53. The molecule has 0 unspecified atom stereocenters. The van der Waals surface area contributed by atoms with E-state index in [-0.39, 0.29) is 25.0 Å². The summed E-state index contributed by atoms with van der Waals surface area (Å²) in [5.74, 6) is -0.205. The van der Waals surface area contributed by atoms with Crippen molar-refractivity contribution in [1.82, 2.24) is 4.90 Å². The molecule has 1 heterocycles. The number of ether oxygens (including phenoxy) is 3. The number of hydrogen-bond donors (Lipinski definition) is 0. The number of nitrogens with zero attached hydrogens (tertiary/aromatic N) is 1. The van der Waals surface area contributed by atoms with Crippen LogP contribution in [-0.2, 0) is 19.0 Å². The largest absolute Gasteiger partial charge is 0.469 e. The third-order valence-corrected chi connectivity index (χ3v) is 3.70. The van der Waals surface area contributed by atoms with Gasteiger partial charge in [0.25, 0.3) is 0 Å². The summed E-state index contributed by atoms with van der Waals surface area (Å²) in [6.07, 6.45) is 1.60. The summed E-state index contributed by atoms with van der Waals surface area (Å²) in [6, 6.07) is -0.287. The smallest absolute Gasteiger partial charge is 0.410 e. The van der Waals surface area contributed by atoms with Gasteiger partial charge in [-0.05, 0) is 33.6 Å². The van der Waals surface area contributed by atoms with Crippen molar-refractivity contribution in [2.24, 2.45) is 0 Å². The Bertz CT molecular complexity index is 410. The van der Waals surface area contributed by atoms with Gasteiger partial charge in [0.1, 0.15) is 11.8 Å². The average Bonchev–Trinajstić information content (AvgIpc) is 2.85. The Morgan fingerprint density at radius 1 is 1.21 bits per heavy atom. The first-order valence-electron chi connectivity index (χ1n) is 8.51. The van der Waals surface area contributed by atoms with Crippen LogP contribution >= 0.6 is 0 Å². The fraction of sp³-hybridized carbons (Fsp3) is 0.882. The number of carbonyl (C=O) groups excluding carboxylic acids is 2. The van der Waals surface area contributed by atoms with Crippen LogP contribution in [0.3, 0.4) is 0 Å². The van der Waals surface area contributed by atoms with Crippen LogP contribution in [0.15, 0.2) is 0 Å². The van der Waals surface area contributed by atoms with Crippen LogP contribution in [0.5, 0.6) is 0 Å². The lowest BCUT2D eigenvalue weighted by atomic mass is 10.2. The second kappa shape index (κ2) is 9.81. The number of amides is 1. The van der Waals surface area contributed by atoms with Crippen molar-refractivity contribution in [3.63, 3.8) is 0 Å². The molecular weight excluding hydrogens is 317 g/mol. The normalized spacial score (nSPS) is 21.0. The molecular formula is C17H30FNO5. The Morgan fingerprint density at radius 3 is 2.54 bits per heavy atom. The topological polar surface area (TPSA) is 65.1 Å². The SMILES string of the molecule is COC(=O)CCCCCOC[C@@H]1C[C@H](F)CN1C(=O)OC(C)(C)C. The highest BCUT2D eigenvalue weighted by Crippen LogP contribution is 2.23. The zero-order valence-corrected chi connectivity index (χ0v) is 15.2. The molecule has 0 bridgehead atoms. The number of methoxy groups -OCH3 is 1. The lowest BCUT2D eigenvalue weighted by Gasteiger charge is -2.28. The first-order valence-corrected chi connectivity index (χ1v) is 8.51. The summed E-state index contributed by atoms with van der Waals surface area (Å²) in [6.45, 7) is 6.24. The monoisotopic (exact) mass is 347 g/mol. The van der Waals surface area contributed by atoms with E-state index in [4.69, 9.17) is 9.47 Å². The van der Waals surface area contributed by atoms with Crippen LogP contribution in [0.4, 0.5) is 9.18 Å². The summed E-state index contributed by atoms with van der Waals surface area (Å²) in [5.41, 5.74) is -0.601. The van der Waals surface area contributed by atoms with Gasteiger partial charge in [-0.2, -0.15) is 0 Å². The van der Waals surface area contributed by atoms with Gasteiger partial charge in [-0.3, -0.25) is 9.69 Å². The molecule has 0 aromatic rings. The van der Waals surface area contributed by atoms with Gasteiger partial charge in [0.2, 0.25) is 0 Å². The standard InChI is InChI=1S/C17H30FNO5/c1-17(2,3)24-16(21)19-11-13(18)10-14(19)12-23-9-7-5-6-8-15(20)22-4/h13-14H,5-12H2,1-4H3/t13-,14-/m0/s1. The van der Waals surface area contributed by atoms with Crippen LogP contribution in [0.1, 0.15) is 52.9 Å². The number of alkyl halides is 1. The number of unbranched alkanes of at least 4 members (excludes halogenated alkanes) is 2. The first-order chi connectivity index (χ1) is 11.2. The minimum Gasteiger partial charge on any atom is -0.469 e. The molecule has 2 atom stereocenters. The Morgan fingerprint density at radius 2 is 1.92 bits per heavy atom. The third kappa shape index (κ3) is 7.95. The maximum absolute atomic E-state index is 13.7. The molecule has 1 amide bonds. The van der Waals surface area contributed by atoms with Crippen molar-refractivity contribution in [2.75, 3.05) is 26.9 Å². The van der Waals surface area contributed by atoms with Crippen molar-refractivity contribution in [3.8, 4) is 0 Å². The molecule has 1 aliphatic rings. The van der Waals surface area contributed by atoms with E-state index in [0.29, 0.717) is 19.6 Å². The molecule has 24 heavy (non-hydrogen) atoms. The van der Waals surface area contributed by atoms with Crippen molar-refractivity contribution < 1.29 is 28.2 Å². The minimum atomic E-state index is -1.04. The average molecular weight is 347 g/mol. The molecule has 0 saturated carbocycles. The van der Waals surface area contributed by atoms with Crippen molar-refractivity contribution >= 4 is 12.1 Å². The predicted octanol–water partition coefficient (Wildman–Crippen LogP) is 3.08. The number of carbonyl (C=O) groups is 2. The second-order valence-corrected chi connectivity index (χ2v) is 7.08. The Kier molecular flexibility index (Phi) is 8.45. The second-order valence-electron chi connectivity index (χ2n) is 7.08. The van der Waals surface area contributed by atoms with Crippen molar-refractivity contribution in [3.05, 3.63) is 0 Å². The number of rotatable bonds is 8. The molecule has 1 fully saturated rings. The summed E-state index contributed by atoms with van der Waals surface area (Å²) in [7, 11) is 1.38. The molecule has 140 valence electrons. The van der Waals surface area contributed by atoms with E-state index in [1.165, 1.54) is 12.0 Å². The van der Waals surface area contributed by atoms with Gasteiger partial charge in [0.05, 0.1) is 26.3 Å². The number of hydrogen-bond acceptors (Lipinski definition) is 5. The molecule has 0 aliphatic carbocycles. The van der Waals surface area contributed by atoms with Crippen LogP contribution in [0, 0.1) is 0 Å². The molecule has 1 saturated heterocycles. The number of esters is 1. The van der Waals surface area contributed by atoms with Gasteiger partial charge in [-0.1, -0.05) is 6.42 Å². The van der Waals surface area contributed by atoms with Gasteiger partial charge >= 0.3 is 12.1 Å². The minimum absolute atomic E-state index is 0.0576. The molecule has 0 radical (unpaired) electrons. The van der Waals surface area contributed by atoms with E-state index in [1.807, 2.05) is 0 Å². The van der Waals surface area contributed by atoms with Crippen LogP contribution < -0.4 is 0 Å². The van der Waals surface area contributed by atoms with Crippen LogP contribution in [0.25, 0.3) is 0 Å². The highest BCUT2D eigenvalue weighted by Gasteiger charge is 2.37. The van der Waals surface area contributed by atoms with Gasteiger partial charge in [0, 0.05) is 19.4 Å². The Hall–Kier alpha value is -1.37. The fourth-order valence-corrected chi connectivity index (χ4v) is 2.53. The first kappa shape index (κ1) is 20.7. The lowest BCUT2D eigenvalue weighted by molar-refractivity contribution is -0.140. The number of likely N-dealkylation sites (tertiary alicyclic amines) is 1. The summed E-state index contributed by atoms with van der Waals surface area (Å²) < 4.78 is 29.1. The quantitative estimate of drug-likeness (QED) is 0.499. The maximum atomic E-state index is 13.7. The molecule has 1 aliphatic heterocycles. The molecule has 6 nitrogen and oxygen atoms in total. The van der Waals surface area contributed by atoms with E-state index in [2.05, 4.69) is 4.74 Å². The maximum Gasteiger partial charge on any atom is 0.410 e. The molecule has 0 N–H and O–H groups in total. The van der Waals surface area contributed by atoms with Gasteiger partial charge in [0.15, 0.2) is 0 Å². The lowest BCUT2D eigenvalue weighted by Crippen LogP contribution is -2.42. The summed E-state index contributed by atoms with van der Waals surface area (Å²) in [4.78, 5) is 24.5. The van der Waals surface area contributed by atoms with E-state index in [1.54, 1.807) is 20.8 Å². The van der Waals surface area contributed by atoms with Gasteiger partial charge < -0.3 is 14.2 Å². The van der Waals surface area contributed by atoms with Crippen LogP contribution in [-0.4, -0.2) is 61.6 Å². The number of halogens is 1. The van der Waals surface area contributed by atoms with E-state index in [0.717, 1.165) is 19.3 Å². The van der Waals surface area contributed by atoms with Crippen molar-refractivity contribution in [2.45, 2.75) is 70.7 Å². The third-order valence-electron chi connectivity index (χ3n) is 3.70. The summed E-state index contributed by atoms with van der Waals surface area (Å²) >= 11 is 0. The Balaban J connectivity index is 2.25. The molecule has 1 rings (SSSR count). The van der Waals surface area contributed by atoms with Crippen molar-refractivity contribution in [1.29, 1.82) is 0 Å². The molecule has 0 aromatic heterocycles. The van der Waals surface area contributed by atoms with Gasteiger partial charge in [-0.25, -0.2) is 9.18 Å². The zero-order valence-electron chi connectivity index (χ0n) is 15.2. The highest BCUT2D eigenvalue weighted by molar-refractivity contribution is 5.69. The predicted molar refractivity (Wildman–Crippen MR) is 87.5 cm³/mol. The molecule has 0 aromatic carbocycles. The molecule has 7 heteroatoms. The summed E-state index contributed by atoms with van der Waals surface area (Å²) in [5, 5.41) is 0. The zero-order chi connectivity index (χ0) is 18.2. The molecule has 0 spiro atoms. The van der Waals surface area contributed by atoms with E-state index < -0.39 is 17.9 Å². The Labute approximate surface area is 143 Å².